The van der Waals surface area contributed by atoms with Gasteiger partial charge in [-0.05, 0) is 50.5 Å². The molecule has 0 amide bonds. The van der Waals surface area contributed by atoms with Gasteiger partial charge in [0.25, 0.3) is 0 Å². The van der Waals surface area contributed by atoms with Crippen molar-refractivity contribution in [2.24, 2.45) is 0 Å². The number of halogens is 1. The minimum absolute atomic E-state index is 0.117. The fraction of sp³-hybridized carbons (Fsp3) is 0.467. The standard InChI is InChI=1S/C15H19BrN2O2/c1-5-12(10(4)19)15-17-14(18-20-15)11-6-8(2)13(16)9(3)7-11/h6-7,10,12,19H,5H2,1-4H3. The maximum Gasteiger partial charge on any atom is 0.232 e. The van der Waals surface area contributed by atoms with Gasteiger partial charge in [0.2, 0.25) is 11.7 Å². The van der Waals surface area contributed by atoms with Gasteiger partial charge in [0, 0.05) is 10.0 Å². The summed E-state index contributed by atoms with van der Waals surface area (Å²) in [6, 6.07) is 4.05. The summed E-state index contributed by atoms with van der Waals surface area (Å²) in [5.41, 5.74) is 3.20. The lowest BCUT2D eigenvalue weighted by molar-refractivity contribution is 0.141. The summed E-state index contributed by atoms with van der Waals surface area (Å²) >= 11 is 3.55. The van der Waals surface area contributed by atoms with Gasteiger partial charge in [0.05, 0.1) is 12.0 Å². The zero-order valence-electron chi connectivity index (χ0n) is 12.1. The fourth-order valence-corrected chi connectivity index (χ4v) is 2.53. The molecule has 2 atom stereocenters. The lowest BCUT2D eigenvalue weighted by Crippen LogP contribution is -2.13. The maximum atomic E-state index is 9.74. The number of hydrogen-bond donors (Lipinski definition) is 1. The molecular formula is C15H19BrN2O2. The van der Waals surface area contributed by atoms with Crippen molar-refractivity contribution in [2.45, 2.75) is 46.1 Å². The summed E-state index contributed by atoms with van der Waals surface area (Å²) < 4.78 is 6.41. The Balaban J connectivity index is 2.38. The normalized spacial score (nSPS) is 14.3. The third-order valence-corrected chi connectivity index (χ3v) is 4.73. The lowest BCUT2D eigenvalue weighted by Gasteiger charge is -2.12. The number of hydrogen-bond acceptors (Lipinski definition) is 4. The first-order valence-corrected chi connectivity index (χ1v) is 7.52. The predicted octanol–water partition coefficient (Wildman–Crippen LogP) is 3.99. The lowest BCUT2D eigenvalue weighted by atomic mass is 10.0. The molecule has 1 N–H and O–H groups in total. The van der Waals surface area contributed by atoms with E-state index < -0.39 is 6.10 Å². The molecule has 0 spiro atoms. The molecular weight excluding hydrogens is 320 g/mol. The van der Waals surface area contributed by atoms with Crippen LogP contribution in [0.5, 0.6) is 0 Å². The van der Waals surface area contributed by atoms with Crippen molar-refractivity contribution in [1.29, 1.82) is 0 Å². The van der Waals surface area contributed by atoms with Crippen LogP contribution < -0.4 is 0 Å². The third-order valence-electron chi connectivity index (χ3n) is 3.48. The molecule has 0 aliphatic carbocycles. The van der Waals surface area contributed by atoms with Crippen molar-refractivity contribution in [3.8, 4) is 11.4 Å². The second-order valence-electron chi connectivity index (χ2n) is 5.14. The molecule has 1 aromatic carbocycles. The van der Waals surface area contributed by atoms with Crippen LogP contribution in [0, 0.1) is 13.8 Å². The molecule has 0 bridgehead atoms. The highest BCUT2D eigenvalue weighted by Crippen LogP contribution is 2.29. The van der Waals surface area contributed by atoms with Crippen molar-refractivity contribution in [3.63, 3.8) is 0 Å². The maximum absolute atomic E-state index is 9.74. The average Bonchev–Trinajstić information content (AvgIpc) is 2.85. The van der Waals surface area contributed by atoms with Gasteiger partial charge in [-0.3, -0.25) is 0 Å². The van der Waals surface area contributed by atoms with Crippen LogP contribution in [0.3, 0.4) is 0 Å². The monoisotopic (exact) mass is 338 g/mol. The van der Waals surface area contributed by atoms with Crippen LogP contribution in [0.2, 0.25) is 0 Å². The van der Waals surface area contributed by atoms with E-state index in [0.717, 1.165) is 27.6 Å². The summed E-state index contributed by atoms with van der Waals surface area (Å²) in [6.45, 7) is 7.81. The minimum atomic E-state index is -0.498. The molecule has 1 aromatic heterocycles. The van der Waals surface area contributed by atoms with Crippen LogP contribution in [0.4, 0.5) is 0 Å². The molecule has 108 valence electrons. The van der Waals surface area contributed by atoms with E-state index >= 15 is 0 Å². The number of aliphatic hydroxyl groups is 1. The van der Waals surface area contributed by atoms with Gasteiger partial charge in [0.15, 0.2) is 0 Å². The van der Waals surface area contributed by atoms with Crippen molar-refractivity contribution in [1.82, 2.24) is 10.1 Å². The van der Waals surface area contributed by atoms with Crippen LogP contribution >= 0.6 is 15.9 Å². The third kappa shape index (κ3) is 2.94. The first-order valence-electron chi connectivity index (χ1n) is 6.72. The highest BCUT2D eigenvalue weighted by Gasteiger charge is 2.22. The molecule has 0 aliphatic heterocycles. The van der Waals surface area contributed by atoms with Crippen molar-refractivity contribution in [3.05, 3.63) is 33.6 Å². The van der Waals surface area contributed by atoms with Crippen LogP contribution in [0.15, 0.2) is 21.1 Å². The smallest absolute Gasteiger partial charge is 0.232 e. The van der Waals surface area contributed by atoms with Crippen LogP contribution in [-0.2, 0) is 0 Å². The van der Waals surface area contributed by atoms with E-state index in [1.54, 1.807) is 6.92 Å². The molecule has 5 heteroatoms. The van der Waals surface area contributed by atoms with E-state index in [1.165, 1.54) is 0 Å². The average molecular weight is 339 g/mol. The van der Waals surface area contributed by atoms with Gasteiger partial charge in [-0.15, -0.1) is 0 Å². The van der Waals surface area contributed by atoms with Gasteiger partial charge in [0.1, 0.15) is 0 Å². The summed E-state index contributed by atoms with van der Waals surface area (Å²) in [6.07, 6.45) is 0.263. The Morgan fingerprint density at radius 2 is 1.90 bits per heavy atom. The van der Waals surface area contributed by atoms with E-state index in [0.29, 0.717) is 11.7 Å². The molecule has 0 radical (unpaired) electrons. The van der Waals surface area contributed by atoms with Gasteiger partial charge in [-0.1, -0.05) is 28.0 Å². The Morgan fingerprint density at radius 1 is 1.30 bits per heavy atom. The molecule has 0 fully saturated rings. The molecule has 2 rings (SSSR count). The second kappa shape index (κ2) is 6.06. The Kier molecular flexibility index (Phi) is 4.60. The topological polar surface area (TPSA) is 59.2 Å². The first kappa shape index (κ1) is 15.2. The van der Waals surface area contributed by atoms with Gasteiger partial charge in [-0.2, -0.15) is 4.98 Å². The summed E-state index contributed by atoms with van der Waals surface area (Å²) in [4.78, 5) is 4.43. The number of benzene rings is 1. The first-order chi connectivity index (χ1) is 9.43. The molecule has 0 saturated carbocycles. The molecule has 4 nitrogen and oxygen atoms in total. The number of rotatable bonds is 4. The zero-order valence-corrected chi connectivity index (χ0v) is 13.7. The van der Waals surface area contributed by atoms with Crippen LogP contribution in [0.25, 0.3) is 11.4 Å². The van der Waals surface area contributed by atoms with Crippen molar-refractivity contribution >= 4 is 15.9 Å². The Hall–Kier alpha value is -1.20. The highest BCUT2D eigenvalue weighted by atomic mass is 79.9. The van der Waals surface area contributed by atoms with Gasteiger partial charge >= 0.3 is 0 Å². The fourth-order valence-electron chi connectivity index (χ4n) is 2.30. The molecule has 0 aliphatic rings. The van der Waals surface area contributed by atoms with Crippen LogP contribution in [-0.4, -0.2) is 21.4 Å². The SMILES string of the molecule is CCC(c1nc(-c2cc(C)c(Br)c(C)c2)no1)C(C)O. The minimum Gasteiger partial charge on any atom is -0.393 e. The number of aliphatic hydroxyl groups excluding tert-OH is 1. The van der Waals surface area contributed by atoms with Crippen molar-refractivity contribution < 1.29 is 9.63 Å². The van der Waals surface area contributed by atoms with Crippen molar-refractivity contribution in [2.75, 3.05) is 0 Å². The summed E-state index contributed by atoms with van der Waals surface area (Å²) in [5, 5.41) is 13.8. The number of nitrogens with zero attached hydrogens (tertiary/aromatic N) is 2. The number of aromatic nitrogens is 2. The summed E-state index contributed by atoms with van der Waals surface area (Å²) in [7, 11) is 0. The highest BCUT2D eigenvalue weighted by molar-refractivity contribution is 9.10. The Morgan fingerprint density at radius 3 is 2.40 bits per heavy atom. The van der Waals surface area contributed by atoms with E-state index in [4.69, 9.17) is 4.52 Å². The van der Waals surface area contributed by atoms with E-state index in [-0.39, 0.29) is 5.92 Å². The van der Waals surface area contributed by atoms with Gasteiger partial charge in [-0.25, -0.2) is 0 Å². The van der Waals surface area contributed by atoms with E-state index in [2.05, 4.69) is 26.1 Å². The van der Waals surface area contributed by atoms with E-state index in [1.807, 2.05) is 32.9 Å². The molecule has 0 saturated heterocycles. The largest absolute Gasteiger partial charge is 0.393 e. The molecule has 2 unspecified atom stereocenters. The zero-order chi connectivity index (χ0) is 14.9. The molecule has 20 heavy (non-hydrogen) atoms. The predicted molar refractivity (Wildman–Crippen MR) is 81.6 cm³/mol. The number of aryl methyl sites for hydroxylation is 2. The van der Waals surface area contributed by atoms with Crippen LogP contribution in [0.1, 0.15) is 43.2 Å². The van der Waals surface area contributed by atoms with E-state index in [9.17, 15) is 5.11 Å². The molecule has 1 heterocycles. The Labute approximate surface area is 127 Å². The summed E-state index contributed by atoms with van der Waals surface area (Å²) in [5.74, 6) is 0.947. The Bertz CT molecular complexity index is 585. The molecule has 2 aromatic rings. The quantitative estimate of drug-likeness (QED) is 0.915. The second-order valence-corrected chi connectivity index (χ2v) is 5.93. The van der Waals surface area contributed by atoms with Gasteiger partial charge < -0.3 is 9.63 Å².